The SMILES string of the molecule is CCc1cccc2cc(C(O)=C3C(=O)CCCC3=O)c(OC)nc12. The fraction of sp³-hybridized carbons (Fsp3) is 0.316. The van der Waals surface area contributed by atoms with E-state index in [-0.39, 0.29) is 47.2 Å². The van der Waals surface area contributed by atoms with E-state index in [1.807, 2.05) is 25.1 Å². The normalized spacial score (nSPS) is 15.0. The van der Waals surface area contributed by atoms with Crippen molar-refractivity contribution in [2.75, 3.05) is 7.11 Å². The number of pyridine rings is 1. The summed E-state index contributed by atoms with van der Waals surface area (Å²) in [5.41, 5.74) is 2.00. The number of rotatable bonds is 3. The van der Waals surface area contributed by atoms with Crippen LogP contribution in [0, 0.1) is 0 Å². The van der Waals surface area contributed by atoms with Crippen LogP contribution in [0.5, 0.6) is 5.88 Å². The first-order valence-corrected chi connectivity index (χ1v) is 8.03. The molecule has 124 valence electrons. The van der Waals surface area contributed by atoms with Gasteiger partial charge in [0.25, 0.3) is 0 Å². The topological polar surface area (TPSA) is 76.5 Å². The third kappa shape index (κ3) is 2.66. The van der Waals surface area contributed by atoms with E-state index in [4.69, 9.17) is 4.74 Å². The van der Waals surface area contributed by atoms with Crippen LogP contribution in [0.3, 0.4) is 0 Å². The van der Waals surface area contributed by atoms with Gasteiger partial charge >= 0.3 is 0 Å². The molecule has 1 aliphatic carbocycles. The van der Waals surface area contributed by atoms with Crippen LogP contribution in [-0.2, 0) is 16.0 Å². The van der Waals surface area contributed by atoms with Gasteiger partial charge in [0, 0.05) is 18.2 Å². The predicted octanol–water partition coefficient (Wildman–Crippen LogP) is 3.40. The van der Waals surface area contributed by atoms with Gasteiger partial charge in [0.2, 0.25) is 5.88 Å². The minimum atomic E-state index is -0.335. The van der Waals surface area contributed by atoms with E-state index in [0.717, 1.165) is 22.9 Å². The molecule has 0 spiro atoms. The summed E-state index contributed by atoms with van der Waals surface area (Å²) >= 11 is 0. The average Bonchev–Trinajstić information content (AvgIpc) is 2.59. The molecule has 1 saturated carbocycles. The highest BCUT2D eigenvalue weighted by molar-refractivity contribution is 6.25. The molecule has 0 atom stereocenters. The van der Waals surface area contributed by atoms with E-state index in [9.17, 15) is 14.7 Å². The minimum Gasteiger partial charge on any atom is -0.506 e. The highest BCUT2D eigenvalue weighted by Crippen LogP contribution is 2.32. The lowest BCUT2D eigenvalue weighted by molar-refractivity contribution is -0.123. The van der Waals surface area contributed by atoms with Crippen LogP contribution in [0.2, 0.25) is 0 Å². The Morgan fingerprint density at radius 3 is 2.58 bits per heavy atom. The lowest BCUT2D eigenvalue weighted by Gasteiger charge is -2.16. The molecule has 1 fully saturated rings. The molecule has 0 radical (unpaired) electrons. The molecule has 1 aromatic carbocycles. The van der Waals surface area contributed by atoms with E-state index in [0.29, 0.717) is 6.42 Å². The average molecular weight is 325 g/mol. The maximum absolute atomic E-state index is 12.1. The molecule has 0 saturated heterocycles. The van der Waals surface area contributed by atoms with Gasteiger partial charge in [0.1, 0.15) is 11.3 Å². The first-order valence-electron chi connectivity index (χ1n) is 8.03. The van der Waals surface area contributed by atoms with Crippen molar-refractivity contribution in [3.05, 3.63) is 41.0 Å². The summed E-state index contributed by atoms with van der Waals surface area (Å²) in [4.78, 5) is 28.7. The Bertz CT molecular complexity index is 849. The quantitative estimate of drug-likeness (QED) is 0.532. The van der Waals surface area contributed by atoms with E-state index < -0.39 is 0 Å². The number of allylic oxidation sites excluding steroid dienone is 1. The molecule has 5 heteroatoms. The number of para-hydroxylation sites is 1. The number of methoxy groups -OCH3 is 1. The standard InChI is InChI=1S/C19H19NO4/c1-3-11-6-4-7-12-10-13(19(24-2)20-17(11)12)18(23)16-14(21)8-5-9-15(16)22/h4,6-7,10,23H,3,5,8-9H2,1-2H3. The number of hydrogen-bond donors (Lipinski definition) is 1. The second-order valence-corrected chi connectivity index (χ2v) is 5.81. The number of hydrogen-bond acceptors (Lipinski definition) is 5. The number of ether oxygens (including phenoxy) is 1. The Morgan fingerprint density at radius 2 is 1.96 bits per heavy atom. The first-order chi connectivity index (χ1) is 11.6. The molecule has 0 bridgehead atoms. The molecule has 24 heavy (non-hydrogen) atoms. The zero-order valence-electron chi connectivity index (χ0n) is 13.8. The van der Waals surface area contributed by atoms with E-state index >= 15 is 0 Å². The van der Waals surface area contributed by atoms with E-state index in [2.05, 4.69) is 4.98 Å². The van der Waals surface area contributed by atoms with Crippen molar-refractivity contribution >= 4 is 28.2 Å². The number of nitrogens with zero attached hydrogens (tertiary/aromatic N) is 1. The molecule has 0 amide bonds. The van der Waals surface area contributed by atoms with Gasteiger partial charge in [0.05, 0.1) is 18.2 Å². The number of aliphatic hydroxyl groups excluding tert-OH is 1. The summed E-state index contributed by atoms with van der Waals surface area (Å²) in [6, 6.07) is 7.51. The van der Waals surface area contributed by atoms with Crippen LogP contribution in [0.4, 0.5) is 0 Å². The third-order valence-electron chi connectivity index (χ3n) is 4.33. The predicted molar refractivity (Wildman–Crippen MR) is 91.1 cm³/mol. The van der Waals surface area contributed by atoms with Crippen molar-refractivity contribution in [2.45, 2.75) is 32.6 Å². The van der Waals surface area contributed by atoms with Crippen molar-refractivity contribution in [1.29, 1.82) is 0 Å². The maximum Gasteiger partial charge on any atom is 0.224 e. The summed E-state index contributed by atoms with van der Waals surface area (Å²) in [6.07, 6.45) is 1.89. The molecule has 1 aromatic heterocycles. The Balaban J connectivity index is 2.25. The van der Waals surface area contributed by atoms with Gasteiger partial charge in [-0.25, -0.2) is 4.98 Å². The van der Waals surface area contributed by atoms with Crippen LogP contribution in [-0.4, -0.2) is 28.8 Å². The van der Waals surface area contributed by atoms with Crippen molar-refractivity contribution in [3.8, 4) is 5.88 Å². The lowest BCUT2D eigenvalue weighted by Crippen LogP contribution is -2.20. The summed E-state index contributed by atoms with van der Waals surface area (Å²) in [6.45, 7) is 2.04. The highest BCUT2D eigenvalue weighted by atomic mass is 16.5. The van der Waals surface area contributed by atoms with Gasteiger partial charge in [-0.1, -0.05) is 25.1 Å². The number of aliphatic hydroxyl groups is 1. The molecule has 0 aliphatic heterocycles. The number of aromatic nitrogens is 1. The number of ketones is 2. The van der Waals surface area contributed by atoms with Gasteiger partial charge in [0.15, 0.2) is 11.6 Å². The Morgan fingerprint density at radius 1 is 1.25 bits per heavy atom. The van der Waals surface area contributed by atoms with E-state index in [1.54, 1.807) is 6.07 Å². The lowest BCUT2D eigenvalue weighted by atomic mass is 9.89. The first kappa shape index (κ1) is 16.2. The van der Waals surface area contributed by atoms with Gasteiger partial charge in [-0.3, -0.25) is 9.59 Å². The number of Topliss-reactive ketones (excluding diaryl/α,β-unsaturated/α-hetero) is 2. The largest absolute Gasteiger partial charge is 0.506 e. The zero-order chi connectivity index (χ0) is 17.3. The fourth-order valence-electron chi connectivity index (χ4n) is 3.07. The monoisotopic (exact) mass is 325 g/mol. The molecule has 5 nitrogen and oxygen atoms in total. The number of fused-ring (bicyclic) bond motifs is 1. The second kappa shape index (κ2) is 6.43. The van der Waals surface area contributed by atoms with Crippen molar-refractivity contribution in [3.63, 3.8) is 0 Å². The van der Waals surface area contributed by atoms with Crippen molar-refractivity contribution < 1.29 is 19.4 Å². The van der Waals surface area contributed by atoms with Gasteiger partial charge in [-0.05, 0) is 24.5 Å². The molecular weight excluding hydrogens is 306 g/mol. The van der Waals surface area contributed by atoms with Gasteiger partial charge < -0.3 is 9.84 Å². The summed E-state index contributed by atoms with van der Waals surface area (Å²) in [7, 11) is 1.45. The van der Waals surface area contributed by atoms with Crippen LogP contribution < -0.4 is 4.74 Å². The Labute approximate surface area is 140 Å². The highest BCUT2D eigenvalue weighted by Gasteiger charge is 2.29. The molecular formula is C19H19NO4. The molecule has 1 aliphatic rings. The molecule has 2 aromatic rings. The molecule has 1 heterocycles. The number of benzene rings is 1. The van der Waals surface area contributed by atoms with Crippen LogP contribution >= 0.6 is 0 Å². The summed E-state index contributed by atoms with van der Waals surface area (Å²) < 4.78 is 5.31. The van der Waals surface area contributed by atoms with Gasteiger partial charge in [-0.15, -0.1) is 0 Å². The van der Waals surface area contributed by atoms with Crippen LogP contribution in [0.25, 0.3) is 16.7 Å². The van der Waals surface area contributed by atoms with E-state index in [1.165, 1.54) is 7.11 Å². The van der Waals surface area contributed by atoms with Crippen molar-refractivity contribution in [2.24, 2.45) is 0 Å². The van der Waals surface area contributed by atoms with Crippen molar-refractivity contribution in [1.82, 2.24) is 4.98 Å². The number of carbonyl (C=O) groups is 2. The van der Waals surface area contributed by atoms with Crippen LogP contribution in [0.1, 0.15) is 37.3 Å². The third-order valence-corrected chi connectivity index (χ3v) is 4.33. The summed E-state index contributed by atoms with van der Waals surface area (Å²) in [5, 5.41) is 11.4. The minimum absolute atomic E-state index is 0.132. The Hall–Kier alpha value is -2.69. The zero-order valence-corrected chi connectivity index (χ0v) is 13.8. The summed E-state index contributed by atoms with van der Waals surface area (Å²) in [5.74, 6) is -0.779. The Kier molecular flexibility index (Phi) is 4.34. The maximum atomic E-state index is 12.1. The fourth-order valence-corrected chi connectivity index (χ4v) is 3.07. The number of carbonyl (C=O) groups excluding carboxylic acids is 2. The van der Waals surface area contributed by atoms with Gasteiger partial charge in [-0.2, -0.15) is 0 Å². The smallest absolute Gasteiger partial charge is 0.224 e. The molecule has 1 N–H and O–H groups in total. The second-order valence-electron chi connectivity index (χ2n) is 5.81. The number of aryl methyl sites for hydroxylation is 1. The molecule has 0 unspecified atom stereocenters. The van der Waals surface area contributed by atoms with Crippen LogP contribution in [0.15, 0.2) is 29.8 Å². The molecule has 3 rings (SSSR count).